The van der Waals surface area contributed by atoms with E-state index < -0.39 is 0 Å². The Kier molecular flexibility index (Phi) is 2.97. The Labute approximate surface area is 108 Å². The van der Waals surface area contributed by atoms with Crippen LogP contribution in [0.3, 0.4) is 0 Å². The number of hydrogen-bond donors (Lipinski definition) is 2. The van der Waals surface area contributed by atoms with E-state index in [1.165, 1.54) is 0 Å². The van der Waals surface area contributed by atoms with E-state index >= 15 is 0 Å². The van der Waals surface area contributed by atoms with Crippen molar-refractivity contribution in [2.24, 2.45) is 0 Å². The Balaban J connectivity index is 1.93. The summed E-state index contributed by atoms with van der Waals surface area (Å²) in [5.41, 5.74) is 2.70. The van der Waals surface area contributed by atoms with Gasteiger partial charge in [0, 0.05) is 30.6 Å². The van der Waals surface area contributed by atoms with Gasteiger partial charge in [0.05, 0.1) is 17.7 Å². The summed E-state index contributed by atoms with van der Waals surface area (Å²) in [6.45, 7) is 3.47. The topological polar surface area (TPSA) is 70.7 Å². The molecule has 18 heavy (non-hydrogen) atoms. The van der Waals surface area contributed by atoms with Crippen LogP contribution in [0.15, 0.2) is 10.2 Å². The van der Waals surface area contributed by atoms with Crippen molar-refractivity contribution in [2.45, 2.75) is 26.3 Å². The molecule has 0 atom stereocenters. The summed E-state index contributed by atoms with van der Waals surface area (Å²) in [5, 5.41) is 6.18. The van der Waals surface area contributed by atoms with Gasteiger partial charge in [-0.05, 0) is 6.92 Å². The van der Waals surface area contributed by atoms with E-state index in [0.29, 0.717) is 13.0 Å². The van der Waals surface area contributed by atoms with Gasteiger partial charge >= 0.3 is 0 Å². The maximum atomic E-state index is 11.9. The highest BCUT2D eigenvalue weighted by molar-refractivity contribution is 7.09. The molecule has 2 aromatic rings. The zero-order valence-corrected chi connectivity index (χ0v) is 10.9. The second-order valence-corrected chi connectivity index (χ2v) is 5.37. The molecule has 0 radical (unpaired) electrons. The van der Waals surface area contributed by atoms with E-state index in [-0.39, 0.29) is 5.56 Å². The van der Waals surface area contributed by atoms with Crippen molar-refractivity contribution in [3.63, 3.8) is 0 Å². The van der Waals surface area contributed by atoms with Crippen molar-refractivity contribution in [3.8, 4) is 0 Å². The first-order valence-electron chi connectivity index (χ1n) is 5.95. The molecule has 0 saturated carbocycles. The highest BCUT2D eigenvalue weighted by Gasteiger charge is 2.15. The molecule has 0 aliphatic carbocycles. The Bertz CT molecular complexity index is 631. The lowest BCUT2D eigenvalue weighted by Crippen LogP contribution is -2.32. The standard InChI is InChI=1S/C12H14N4OS/c1-7-6-18-11(14-7)4-10-15-9-2-3-13-5-8(9)12(17)16-10/h6,13H,2-5H2,1H3,(H,15,16,17). The van der Waals surface area contributed by atoms with Gasteiger partial charge in [0.1, 0.15) is 10.8 Å². The number of thiazole rings is 1. The van der Waals surface area contributed by atoms with Crippen LogP contribution in [0.25, 0.3) is 0 Å². The molecule has 0 aromatic carbocycles. The minimum absolute atomic E-state index is 0.0181. The van der Waals surface area contributed by atoms with Gasteiger partial charge < -0.3 is 10.3 Å². The number of aryl methyl sites for hydroxylation is 1. The Morgan fingerprint density at radius 2 is 2.33 bits per heavy atom. The molecule has 3 rings (SSSR count). The van der Waals surface area contributed by atoms with Crippen LogP contribution in [0.4, 0.5) is 0 Å². The number of aromatic amines is 1. The Morgan fingerprint density at radius 1 is 1.44 bits per heavy atom. The summed E-state index contributed by atoms with van der Waals surface area (Å²) in [6, 6.07) is 0. The molecule has 0 saturated heterocycles. The Morgan fingerprint density at radius 3 is 3.11 bits per heavy atom. The third-order valence-electron chi connectivity index (χ3n) is 2.98. The van der Waals surface area contributed by atoms with Crippen LogP contribution < -0.4 is 10.9 Å². The summed E-state index contributed by atoms with van der Waals surface area (Å²) in [6.07, 6.45) is 1.43. The summed E-state index contributed by atoms with van der Waals surface area (Å²) in [5.74, 6) is 0.718. The van der Waals surface area contributed by atoms with Crippen LogP contribution in [0.1, 0.15) is 27.8 Å². The molecule has 3 heterocycles. The number of rotatable bonds is 2. The zero-order valence-electron chi connectivity index (χ0n) is 10.1. The summed E-state index contributed by atoms with van der Waals surface area (Å²) in [7, 11) is 0. The molecule has 1 aliphatic rings. The molecule has 0 amide bonds. The number of fused-ring (bicyclic) bond motifs is 1. The zero-order chi connectivity index (χ0) is 12.5. The molecule has 6 heteroatoms. The summed E-state index contributed by atoms with van der Waals surface area (Å²) in [4.78, 5) is 23.7. The van der Waals surface area contributed by atoms with E-state index in [2.05, 4.69) is 20.3 Å². The molecule has 1 aliphatic heterocycles. The van der Waals surface area contributed by atoms with Gasteiger partial charge in [-0.2, -0.15) is 0 Å². The van der Waals surface area contributed by atoms with Crippen LogP contribution in [0.2, 0.25) is 0 Å². The number of nitrogens with zero attached hydrogens (tertiary/aromatic N) is 2. The van der Waals surface area contributed by atoms with Crippen LogP contribution in [0, 0.1) is 6.92 Å². The van der Waals surface area contributed by atoms with Crippen molar-refractivity contribution in [3.05, 3.63) is 43.5 Å². The molecule has 2 aromatic heterocycles. The van der Waals surface area contributed by atoms with Gasteiger partial charge in [-0.3, -0.25) is 4.79 Å². The number of nitrogens with one attached hydrogen (secondary N) is 2. The van der Waals surface area contributed by atoms with Gasteiger partial charge in [-0.15, -0.1) is 11.3 Å². The smallest absolute Gasteiger partial charge is 0.255 e. The third-order valence-corrected chi connectivity index (χ3v) is 3.94. The Hall–Kier alpha value is -1.53. The van der Waals surface area contributed by atoms with Gasteiger partial charge in [0.25, 0.3) is 5.56 Å². The van der Waals surface area contributed by atoms with Crippen molar-refractivity contribution < 1.29 is 0 Å². The van der Waals surface area contributed by atoms with E-state index in [4.69, 9.17) is 0 Å². The normalized spacial score (nSPS) is 14.5. The van der Waals surface area contributed by atoms with E-state index in [9.17, 15) is 4.79 Å². The summed E-state index contributed by atoms with van der Waals surface area (Å²) < 4.78 is 0. The average Bonchev–Trinajstić information content (AvgIpc) is 2.75. The monoisotopic (exact) mass is 262 g/mol. The highest BCUT2D eigenvalue weighted by Crippen LogP contribution is 2.13. The molecule has 94 valence electrons. The second kappa shape index (κ2) is 4.62. The fourth-order valence-corrected chi connectivity index (χ4v) is 2.89. The largest absolute Gasteiger partial charge is 0.312 e. The predicted octanol–water partition coefficient (Wildman–Crippen LogP) is 0.771. The highest BCUT2D eigenvalue weighted by atomic mass is 32.1. The third kappa shape index (κ3) is 2.21. The lowest BCUT2D eigenvalue weighted by atomic mass is 10.1. The lowest BCUT2D eigenvalue weighted by molar-refractivity contribution is 0.615. The van der Waals surface area contributed by atoms with Crippen molar-refractivity contribution >= 4 is 11.3 Å². The molecule has 2 N–H and O–H groups in total. The minimum Gasteiger partial charge on any atom is -0.312 e. The first kappa shape index (κ1) is 11.6. The first-order valence-corrected chi connectivity index (χ1v) is 6.83. The quantitative estimate of drug-likeness (QED) is 0.838. The van der Waals surface area contributed by atoms with Crippen molar-refractivity contribution in [1.29, 1.82) is 0 Å². The van der Waals surface area contributed by atoms with Crippen LogP contribution in [0.5, 0.6) is 0 Å². The number of aromatic nitrogens is 3. The summed E-state index contributed by atoms with van der Waals surface area (Å²) >= 11 is 1.60. The van der Waals surface area contributed by atoms with Crippen molar-refractivity contribution in [2.75, 3.05) is 6.54 Å². The van der Waals surface area contributed by atoms with Crippen LogP contribution in [-0.2, 0) is 19.4 Å². The molecular weight excluding hydrogens is 248 g/mol. The molecule has 0 spiro atoms. The second-order valence-electron chi connectivity index (χ2n) is 4.42. The van der Waals surface area contributed by atoms with Crippen molar-refractivity contribution in [1.82, 2.24) is 20.3 Å². The van der Waals surface area contributed by atoms with Crippen LogP contribution >= 0.6 is 11.3 Å². The number of H-pyrrole nitrogens is 1. The van der Waals surface area contributed by atoms with E-state index in [0.717, 1.165) is 40.7 Å². The molecule has 0 bridgehead atoms. The molecular formula is C12H14N4OS. The fourth-order valence-electron chi connectivity index (χ4n) is 2.12. The molecule has 0 unspecified atom stereocenters. The van der Waals surface area contributed by atoms with Gasteiger partial charge in [0.15, 0.2) is 0 Å². The maximum absolute atomic E-state index is 11.9. The van der Waals surface area contributed by atoms with Gasteiger partial charge in [0.2, 0.25) is 0 Å². The first-order chi connectivity index (χ1) is 8.72. The van der Waals surface area contributed by atoms with E-state index in [1.54, 1.807) is 11.3 Å². The molecule has 0 fully saturated rings. The SMILES string of the molecule is Cc1csc(Cc2nc3c(c(=O)[nH]2)CNCC3)n1. The minimum atomic E-state index is -0.0181. The maximum Gasteiger partial charge on any atom is 0.255 e. The van der Waals surface area contributed by atoms with Crippen LogP contribution in [-0.4, -0.2) is 21.5 Å². The average molecular weight is 262 g/mol. The van der Waals surface area contributed by atoms with Gasteiger partial charge in [-0.25, -0.2) is 9.97 Å². The number of hydrogen-bond acceptors (Lipinski definition) is 5. The molecule has 5 nitrogen and oxygen atoms in total. The predicted molar refractivity (Wildman–Crippen MR) is 69.9 cm³/mol. The van der Waals surface area contributed by atoms with Gasteiger partial charge in [-0.1, -0.05) is 0 Å². The fraction of sp³-hybridized carbons (Fsp3) is 0.417. The lowest BCUT2D eigenvalue weighted by Gasteiger charge is -2.15. The van der Waals surface area contributed by atoms with E-state index in [1.807, 2.05) is 12.3 Å².